The molecule has 0 saturated heterocycles. The van der Waals surface area contributed by atoms with Gasteiger partial charge in [-0.1, -0.05) is 80.7 Å². The third-order valence-electron chi connectivity index (χ3n) is 3.44. The molecule has 0 aliphatic heterocycles. The molecule has 0 N–H and O–H groups in total. The molecular formula is C16H21PSi. The zero-order valence-corrected chi connectivity index (χ0v) is 13.4. The minimum Gasteiger partial charge on any atom is -0.0717 e. The van der Waals surface area contributed by atoms with Crippen molar-refractivity contribution in [1.82, 2.24) is 0 Å². The molecule has 0 aliphatic carbocycles. The van der Waals surface area contributed by atoms with Crippen LogP contribution in [0.1, 0.15) is 6.92 Å². The van der Waals surface area contributed by atoms with E-state index in [9.17, 15) is 0 Å². The third kappa shape index (κ3) is 3.10. The van der Waals surface area contributed by atoms with Crippen LogP contribution in [-0.2, 0) is 0 Å². The molecule has 2 heteroatoms. The molecule has 2 rings (SSSR count). The average molecular weight is 272 g/mol. The lowest BCUT2D eigenvalue weighted by molar-refractivity contribution is 1.32. The van der Waals surface area contributed by atoms with E-state index in [-0.39, 0.29) is 7.92 Å². The van der Waals surface area contributed by atoms with E-state index in [4.69, 9.17) is 0 Å². The summed E-state index contributed by atoms with van der Waals surface area (Å²) in [6.45, 7) is 7.38. The van der Waals surface area contributed by atoms with Crippen molar-refractivity contribution in [1.29, 1.82) is 0 Å². The summed E-state index contributed by atoms with van der Waals surface area (Å²) in [5.74, 6) is 0. The summed E-state index contributed by atoms with van der Waals surface area (Å²) in [6.07, 6.45) is 0. The van der Waals surface area contributed by atoms with E-state index < -0.39 is 8.80 Å². The van der Waals surface area contributed by atoms with Gasteiger partial charge in [0.15, 0.2) is 0 Å². The van der Waals surface area contributed by atoms with Gasteiger partial charge in [0.25, 0.3) is 0 Å². The van der Waals surface area contributed by atoms with E-state index in [0.717, 1.165) is 5.28 Å². The summed E-state index contributed by atoms with van der Waals surface area (Å²) in [4.78, 5) is 0. The third-order valence-corrected chi connectivity index (χ3v) is 10.6. The Morgan fingerprint density at radius 2 is 1.17 bits per heavy atom. The lowest BCUT2D eigenvalue weighted by atomic mass is 10.4. The molecule has 0 bridgehead atoms. The van der Waals surface area contributed by atoms with Crippen molar-refractivity contribution in [2.45, 2.75) is 25.3 Å². The Morgan fingerprint density at radius 3 is 1.50 bits per heavy atom. The summed E-state index contributed by atoms with van der Waals surface area (Å²) < 4.78 is 0. The second-order valence-electron chi connectivity index (χ2n) is 5.03. The average Bonchev–Trinajstić information content (AvgIpc) is 2.41. The largest absolute Gasteiger partial charge is 0.0717 e. The van der Waals surface area contributed by atoms with Crippen molar-refractivity contribution in [3.8, 4) is 0 Å². The predicted octanol–water partition coefficient (Wildman–Crippen LogP) is 3.53. The Balaban J connectivity index is 2.42. The van der Waals surface area contributed by atoms with Crippen LogP contribution in [0.3, 0.4) is 0 Å². The Labute approximate surface area is 113 Å². The van der Waals surface area contributed by atoms with E-state index >= 15 is 0 Å². The maximum Gasteiger partial charge on any atom is 0.0391 e. The molecule has 0 amide bonds. The van der Waals surface area contributed by atoms with Crippen LogP contribution in [0.15, 0.2) is 60.7 Å². The standard InChI is InChI=1S/C16H21PSi/c1-14(18(2)3)17(15-10-6-4-7-11-15)16-12-8-5-9-13-16/h4-14,18H,1-3H3. The molecule has 94 valence electrons. The maximum atomic E-state index is 2.46. The van der Waals surface area contributed by atoms with E-state index in [2.05, 4.69) is 80.7 Å². The predicted molar refractivity (Wildman–Crippen MR) is 87.4 cm³/mol. The molecule has 0 heterocycles. The fourth-order valence-electron chi connectivity index (χ4n) is 2.09. The number of benzene rings is 2. The van der Waals surface area contributed by atoms with Crippen molar-refractivity contribution in [3.05, 3.63) is 60.7 Å². The van der Waals surface area contributed by atoms with Gasteiger partial charge in [0, 0.05) is 8.80 Å². The van der Waals surface area contributed by atoms with E-state index in [1.165, 1.54) is 10.6 Å². The zero-order chi connectivity index (χ0) is 13.0. The molecular weight excluding hydrogens is 251 g/mol. The van der Waals surface area contributed by atoms with Crippen molar-refractivity contribution in [2.75, 3.05) is 0 Å². The van der Waals surface area contributed by atoms with Crippen LogP contribution in [0, 0.1) is 0 Å². The molecule has 18 heavy (non-hydrogen) atoms. The first-order chi connectivity index (χ1) is 8.70. The summed E-state index contributed by atoms with van der Waals surface area (Å²) in [7, 11) is -0.823. The van der Waals surface area contributed by atoms with Crippen LogP contribution >= 0.6 is 7.92 Å². The summed E-state index contributed by atoms with van der Waals surface area (Å²) in [6, 6.07) is 22.1. The van der Waals surface area contributed by atoms with Gasteiger partial charge in [0.1, 0.15) is 0 Å². The van der Waals surface area contributed by atoms with Crippen LogP contribution in [0.4, 0.5) is 0 Å². The SMILES string of the molecule is CC([SiH](C)C)P(c1ccccc1)c1ccccc1. The molecule has 1 unspecified atom stereocenters. The van der Waals surface area contributed by atoms with E-state index in [1.807, 2.05) is 0 Å². The van der Waals surface area contributed by atoms with Gasteiger partial charge in [-0.3, -0.25) is 0 Å². The first-order valence-corrected chi connectivity index (χ1v) is 11.0. The van der Waals surface area contributed by atoms with Crippen LogP contribution in [0.2, 0.25) is 13.1 Å². The first-order valence-electron chi connectivity index (χ1n) is 6.59. The van der Waals surface area contributed by atoms with Crippen LogP contribution in [0.25, 0.3) is 0 Å². The Hall–Kier alpha value is -0.913. The van der Waals surface area contributed by atoms with Gasteiger partial charge in [-0.2, -0.15) is 0 Å². The lowest BCUT2D eigenvalue weighted by Gasteiger charge is -2.28. The molecule has 0 fully saturated rings. The number of hydrogen-bond acceptors (Lipinski definition) is 0. The Morgan fingerprint density at radius 1 is 0.778 bits per heavy atom. The highest BCUT2D eigenvalue weighted by Gasteiger charge is 2.23. The lowest BCUT2D eigenvalue weighted by Crippen LogP contribution is -2.28. The van der Waals surface area contributed by atoms with E-state index in [0.29, 0.717) is 0 Å². The maximum absolute atomic E-state index is 2.46. The monoisotopic (exact) mass is 272 g/mol. The van der Waals surface area contributed by atoms with Gasteiger partial charge >= 0.3 is 0 Å². The Kier molecular flexibility index (Phi) is 4.74. The molecule has 0 aromatic heterocycles. The topological polar surface area (TPSA) is 0 Å². The van der Waals surface area contributed by atoms with Gasteiger partial charge in [-0.25, -0.2) is 0 Å². The van der Waals surface area contributed by atoms with Crippen molar-refractivity contribution in [3.63, 3.8) is 0 Å². The normalized spacial score (nSPS) is 12.9. The number of rotatable bonds is 4. The van der Waals surface area contributed by atoms with Gasteiger partial charge in [-0.15, -0.1) is 0 Å². The fraction of sp³-hybridized carbons (Fsp3) is 0.250. The molecule has 1 atom stereocenters. The molecule has 2 aromatic carbocycles. The highest BCUT2D eigenvalue weighted by atomic mass is 31.1. The highest BCUT2D eigenvalue weighted by Crippen LogP contribution is 2.40. The summed E-state index contributed by atoms with van der Waals surface area (Å²) in [5.41, 5.74) is 0. The van der Waals surface area contributed by atoms with Crippen molar-refractivity contribution < 1.29 is 0 Å². The minimum atomic E-state index is -0.633. The number of hydrogen-bond donors (Lipinski definition) is 0. The van der Waals surface area contributed by atoms with Gasteiger partial charge in [-0.05, 0) is 23.8 Å². The van der Waals surface area contributed by atoms with E-state index in [1.54, 1.807) is 0 Å². The van der Waals surface area contributed by atoms with Gasteiger partial charge in [0.05, 0.1) is 0 Å². The second kappa shape index (κ2) is 6.31. The van der Waals surface area contributed by atoms with Gasteiger partial charge < -0.3 is 0 Å². The van der Waals surface area contributed by atoms with Crippen LogP contribution < -0.4 is 10.6 Å². The molecule has 0 radical (unpaired) electrons. The molecule has 2 aromatic rings. The van der Waals surface area contributed by atoms with Crippen LogP contribution in [0.5, 0.6) is 0 Å². The molecule has 0 aliphatic rings. The summed E-state index contributed by atoms with van der Waals surface area (Å²) >= 11 is 0. The molecule has 0 nitrogen and oxygen atoms in total. The first kappa shape index (κ1) is 13.5. The van der Waals surface area contributed by atoms with Crippen LogP contribution in [-0.4, -0.2) is 14.1 Å². The second-order valence-corrected chi connectivity index (χ2v) is 11.7. The molecule has 0 saturated carbocycles. The minimum absolute atomic E-state index is 0.190. The Bertz CT molecular complexity index is 427. The summed E-state index contributed by atoms with van der Waals surface area (Å²) in [5, 5.41) is 3.88. The van der Waals surface area contributed by atoms with Crippen molar-refractivity contribution in [2.24, 2.45) is 0 Å². The fourth-order valence-corrected chi connectivity index (χ4v) is 7.74. The molecule has 0 spiro atoms. The highest BCUT2D eigenvalue weighted by molar-refractivity contribution is 7.75. The smallest absolute Gasteiger partial charge is 0.0391 e. The zero-order valence-electron chi connectivity index (χ0n) is 11.4. The quantitative estimate of drug-likeness (QED) is 0.590. The van der Waals surface area contributed by atoms with Gasteiger partial charge in [0.2, 0.25) is 0 Å². The van der Waals surface area contributed by atoms with Crippen molar-refractivity contribution >= 4 is 27.3 Å².